The normalized spacial score (nSPS) is 22.9. The maximum absolute atomic E-state index is 13.1. The van der Waals surface area contributed by atoms with Gasteiger partial charge in [-0.05, 0) is 64.3 Å². The number of nitrogens with zero attached hydrogens (tertiary/aromatic N) is 5. The molecule has 5 rings (SSSR count). The molecule has 0 radical (unpaired) electrons. The summed E-state index contributed by atoms with van der Waals surface area (Å²) in [6.07, 6.45) is 6.56. The van der Waals surface area contributed by atoms with E-state index < -0.39 is 0 Å². The highest BCUT2D eigenvalue weighted by atomic mass is 16.5. The van der Waals surface area contributed by atoms with Gasteiger partial charge in [0.05, 0.1) is 19.0 Å². The Kier molecular flexibility index (Phi) is 7.48. The standard InChI is InChI=1S/C29H39N7O3/c1-7-23-28(38)35(5)24-15-30-29(33-26(24)36(23)17(2)3)32-22-9-8-19(14-25(22)39-6)27(37)31-21-12-18-10-11-34(4)16-20(18)13-21/h8-10,14-15,17,20-21,23H,7,11-13,16H2,1-6H3,(H,31,37)(H,30,32,33)/t20-,21+,23+/m0/s1. The second-order valence-electron chi connectivity index (χ2n) is 11.1. The Morgan fingerprint density at radius 3 is 2.77 bits per heavy atom. The maximum Gasteiger partial charge on any atom is 0.251 e. The van der Waals surface area contributed by atoms with Crippen molar-refractivity contribution in [2.24, 2.45) is 5.92 Å². The van der Waals surface area contributed by atoms with Crippen molar-refractivity contribution in [3.63, 3.8) is 0 Å². The smallest absolute Gasteiger partial charge is 0.251 e. The minimum Gasteiger partial charge on any atom is -0.495 e. The number of nitrogens with one attached hydrogen (secondary N) is 2. The Morgan fingerprint density at radius 2 is 2.05 bits per heavy atom. The lowest BCUT2D eigenvalue weighted by atomic mass is 9.99. The number of carbonyl (C=O) groups is 2. The fourth-order valence-corrected chi connectivity index (χ4v) is 6.07. The third-order valence-corrected chi connectivity index (χ3v) is 8.07. The lowest BCUT2D eigenvalue weighted by Crippen LogP contribution is -2.54. The molecule has 0 saturated heterocycles. The Bertz CT molecular complexity index is 1290. The third-order valence-electron chi connectivity index (χ3n) is 8.07. The zero-order valence-corrected chi connectivity index (χ0v) is 23.7. The number of aromatic nitrogens is 2. The average Bonchev–Trinajstić information content (AvgIpc) is 3.31. The first kappa shape index (κ1) is 26.9. The molecule has 0 bridgehead atoms. The molecule has 0 spiro atoms. The summed E-state index contributed by atoms with van der Waals surface area (Å²) in [4.78, 5) is 41.3. The first-order valence-electron chi connectivity index (χ1n) is 13.8. The van der Waals surface area contributed by atoms with Gasteiger partial charge in [-0.15, -0.1) is 0 Å². The fourth-order valence-electron chi connectivity index (χ4n) is 6.07. The predicted molar refractivity (Wildman–Crippen MR) is 153 cm³/mol. The molecular formula is C29H39N7O3. The Hall–Kier alpha value is -3.66. The van der Waals surface area contributed by atoms with E-state index in [1.807, 2.05) is 13.0 Å². The largest absolute Gasteiger partial charge is 0.495 e. The average molecular weight is 534 g/mol. The summed E-state index contributed by atoms with van der Waals surface area (Å²) in [5.41, 5.74) is 3.34. The van der Waals surface area contributed by atoms with Crippen LogP contribution in [0.5, 0.6) is 5.75 Å². The van der Waals surface area contributed by atoms with Crippen LogP contribution in [-0.2, 0) is 4.79 Å². The van der Waals surface area contributed by atoms with Crippen LogP contribution in [-0.4, -0.2) is 79.1 Å². The second-order valence-corrected chi connectivity index (χ2v) is 11.1. The van der Waals surface area contributed by atoms with E-state index in [2.05, 4.69) is 52.4 Å². The number of fused-ring (bicyclic) bond motifs is 2. The summed E-state index contributed by atoms with van der Waals surface area (Å²) in [5.74, 6) is 2.09. The zero-order chi connectivity index (χ0) is 27.8. The Morgan fingerprint density at radius 1 is 1.26 bits per heavy atom. The molecule has 1 aromatic carbocycles. The van der Waals surface area contributed by atoms with Gasteiger partial charge in [-0.2, -0.15) is 4.98 Å². The summed E-state index contributed by atoms with van der Waals surface area (Å²) in [7, 11) is 5.48. The van der Waals surface area contributed by atoms with Crippen molar-refractivity contribution in [3.8, 4) is 5.75 Å². The topological polar surface area (TPSA) is 103 Å². The lowest BCUT2D eigenvalue weighted by Gasteiger charge is -2.42. The molecule has 2 aromatic rings. The van der Waals surface area contributed by atoms with Crippen LogP contribution in [0.25, 0.3) is 0 Å². The Labute approximate surface area is 230 Å². The molecule has 1 fully saturated rings. The van der Waals surface area contributed by atoms with Gasteiger partial charge in [-0.3, -0.25) is 9.59 Å². The van der Waals surface area contributed by atoms with Crippen molar-refractivity contribution in [2.45, 2.75) is 58.2 Å². The molecule has 1 aliphatic carbocycles. The number of anilines is 4. The summed E-state index contributed by atoms with van der Waals surface area (Å²) in [5, 5.41) is 6.47. The summed E-state index contributed by atoms with van der Waals surface area (Å²) < 4.78 is 5.63. The van der Waals surface area contributed by atoms with Crippen molar-refractivity contribution in [1.82, 2.24) is 20.2 Å². The highest BCUT2D eigenvalue weighted by molar-refractivity contribution is 6.04. The molecule has 10 heteroatoms. The quantitative estimate of drug-likeness (QED) is 0.521. The van der Waals surface area contributed by atoms with E-state index in [9.17, 15) is 9.59 Å². The van der Waals surface area contributed by atoms with Crippen molar-refractivity contribution in [2.75, 3.05) is 49.4 Å². The SMILES string of the molecule is CC[C@@H]1C(=O)N(C)c2cnc(Nc3ccc(C(=O)N[C@@H]4CC5=CCN(C)C[C@@H]5C4)cc3OC)nc2N1C(C)C. The number of hydrogen-bond donors (Lipinski definition) is 2. The van der Waals surface area contributed by atoms with E-state index in [-0.39, 0.29) is 29.9 Å². The van der Waals surface area contributed by atoms with E-state index in [1.165, 1.54) is 5.57 Å². The van der Waals surface area contributed by atoms with Crippen molar-refractivity contribution in [1.29, 1.82) is 0 Å². The molecule has 2 amide bonds. The van der Waals surface area contributed by atoms with Gasteiger partial charge in [-0.25, -0.2) is 4.98 Å². The van der Waals surface area contributed by atoms with Crippen LogP contribution in [0.4, 0.5) is 23.1 Å². The highest BCUT2D eigenvalue weighted by Gasteiger charge is 2.38. The number of likely N-dealkylation sites (N-methyl/N-ethyl adjacent to an activating group) is 2. The molecule has 208 valence electrons. The number of benzene rings is 1. The van der Waals surface area contributed by atoms with Gasteiger partial charge in [0.25, 0.3) is 5.91 Å². The van der Waals surface area contributed by atoms with Crippen LogP contribution in [0.1, 0.15) is 50.4 Å². The van der Waals surface area contributed by atoms with Crippen LogP contribution in [0.2, 0.25) is 0 Å². The summed E-state index contributed by atoms with van der Waals surface area (Å²) >= 11 is 0. The van der Waals surface area contributed by atoms with Crippen LogP contribution in [0.3, 0.4) is 0 Å². The van der Waals surface area contributed by atoms with Crippen molar-refractivity contribution in [3.05, 3.63) is 41.6 Å². The number of ether oxygens (including phenoxy) is 1. The van der Waals surface area contributed by atoms with Gasteiger partial charge in [0.1, 0.15) is 17.5 Å². The van der Waals surface area contributed by atoms with E-state index in [4.69, 9.17) is 9.72 Å². The molecule has 3 heterocycles. The van der Waals surface area contributed by atoms with Crippen LogP contribution in [0.15, 0.2) is 36.0 Å². The van der Waals surface area contributed by atoms with E-state index in [0.717, 1.165) is 25.9 Å². The van der Waals surface area contributed by atoms with Crippen LogP contribution >= 0.6 is 0 Å². The number of carbonyl (C=O) groups excluding carboxylic acids is 2. The van der Waals surface area contributed by atoms with Gasteiger partial charge in [0.15, 0.2) is 5.82 Å². The summed E-state index contributed by atoms with van der Waals surface area (Å²) in [6, 6.07) is 5.29. The molecule has 2 aliphatic heterocycles. The number of amides is 2. The predicted octanol–water partition coefficient (Wildman–Crippen LogP) is 3.58. The molecule has 0 unspecified atom stereocenters. The maximum atomic E-state index is 13.1. The van der Waals surface area contributed by atoms with E-state index in [0.29, 0.717) is 46.8 Å². The second kappa shape index (κ2) is 10.8. The van der Waals surface area contributed by atoms with Gasteiger partial charge in [0.2, 0.25) is 11.9 Å². The number of hydrogen-bond acceptors (Lipinski definition) is 8. The first-order chi connectivity index (χ1) is 18.7. The fraction of sp³-hybridized carbons (Fsp3) is 0.517. The lowest BCUT2D eigenvalue weighted by molar-refractivity contribution is -0.120. The van der Waals surface area contributed by atoms with Crippen LogP contribution < -0.4 is 25.2 Å². The van der Waals surface area contributed by atoms with E-state index >= 15 is 0 Å². The monoisotopic (exact) mass is 533 g/mol. The van der Waals surface area contributed by atoms with Gasteiger partial charge in [-0.1, -0.05) is 18.6 Å². The molecule has 39 heavy (non-hydrogen) atoms. The van der Waals surface area contributed by atoms with Gasteiger partial charge < -0.3 is 30.1 Å². The van der Waals surface area contributed by atoms with E-state index in [1.54, 1.807) is 37.4 Å². The van der Waals surface area contributed by atoms with Crippen molar-refractivity contribution >= 4 is 35.0 Å². The Balaban J connectivity index is 1.33. The van der Waals surface area contributed by atoms with Crippen LogP contribution in [0, 0.1) is 5.92 Å². The molecule has 1 aromatic heterocycles. The zero-order valence-electron chi connectivity index (χ0n) is 23.7. The third kappa shape index (κ3) is 5.17. The van der Waals surface area contributed by atoms with Gasteiger partial charge >= 0.3 is 0 Å². The minimum atomic E-state index is -0.279. The number of rotatable bonds is 7. The minimum absolute atomic E-state index is 0.0407. The first-order valence-corrected chi connectivity index (χ1v) is 13.8. The van der Waals surface area contributed by atoms with Gasteiger partial charge in [0, 0.05) is 37.8 Å². The molecule has 2 N–H and O–H groups in total. The molecular weight excluding hydrogens is 494 g/mol. The molecule has 10 nitrogen and oxygen atoms in total. The molecule has 3 atom stereocenters. The number of methoxy groups -OCH3 is 1. The van der Waals surface area contributed by atoms with Crippen molar-refractivity contribution < 1.29 is 14.3 Å². The molecule has 1 saturated carbocycles. The summed E-state index contributed by atoms with van der Waals surface area (Å²) in [6.45, 7) is 8.16. The highest BCUT2D eigenvalue weighted by Crippen LogP contribution is 2.38. The molecule has 3 aliphatic rings.